The van der Waals surface area contributed by atoms with Gasteiger partial charge in [0.05, 0.1) is 10.9 Å². The van der Waals surface area contributed by atoms with Crippen molar-refractivity contribution in [3.8, 4) is 0 Å². The molecule has 0 bridgehead atoms. The van der Waals surface area contributed by atoms with Gasteiger partial charge in [-0.1, -0.05) is 0 Å². The summed E-state index contributed by atoms with van der Waals surface area (Å²) in [5.74, 6) is -0.287. The summed E-state index contributed by atoms with van der Waals surface area (Å²) in [6.07, 6.45) is 1.81. The van der Waals surface area contributed by atoms with Crippen LogP contribution in [0, 0.1) is 0 Å². The SMILES string of the molecule is COC(=O)/C(C)=C/c1ccc(Br)s1. The normalized spacial score (nSPS) is 11.5. The first-order valence-electron chi connectivity index (χ1n) is 3.65. The maximum atomic E-state index is 11.0. The van der Waals surface area contributed by atoms with Gasteiger partial charge >= 0.3 is 5.97 Å². The summed E-state index contributed by atoms with van der Waals surface area (Å²) < 4.78 is 5.63. The molecule has 0 N–H and O–H groups in total. The fraction of sp³-hybridized carbons (Fsp3) is 0.222. The van der Waals surface area contributed by atoms with Crippen LogP contribution in [0.25, 0.3) is 6.08 Å². The Morgan fingerprint density at radius 2 is 2.31 bits per heavy atom. The first-order chi connectivity index (χ1) is 6.13. The molecule has 0 aliphatic heterocycles. The molecule has 13 heavy (non-hydrogen) atoms. The molecule has 1 aromatic heterocycles. The molecule has 0 aliphatic rings. The van der Waals surface area contributed by atoms with Crippen LogP contribution in [0.2, 0.25) is 0 Å². The summed E-state index contributed by atoms with van der Waals surface area (Å²) in [5.41, 5.74) is 0.608. The van der Waals surface area contributed by atoms with Gasteiger partial charge in [0.25, 0.3) is 0 Å². The predicted octanol–water partition coefficient (Wildman–Crippen LogP) is 3.09. The van der Waals surface area contributed by atoms with Crippen molar-refractivity contribution in [1.82, 2.24) is 0 Å². The van der Waals surface area contributed by atoms with Gasteiger partial charge in [0.15, 0.2) is 0 Å². The van der Waals surface area contributed by atoms with Crippen molar-refractivity contribution < 1.29 is 9.53 Å². The third-order valence-electron chi connectivity index (χ3n) is 1.46. The van der Waals surface area contributed by atoms with E-state index in [2.05, 4.69) is 20.7 Å². The average Bonchev–Trinajstić information content (AvgIpc) is 2.49. The Balaban J connectivity index is 2.82. The molecule has 70 valence electrons. The van der Waals surface area contributed by atoms with Crippen LogP contribution in [-0.2, 0) is 9.53 Å². The minimum atomic E-state index is -0.287. The van der Waals surface area contributed by atoms with Crippen molar-refractivity contribution in [2.45, 2.75) is 6.92 Å². The standard InChI is InChI=1S/C9H9BrO2S/c1-6(9(11)12-2)5-7-3-4-8(10)13-7/h3-5H,1-2H3/b6-5+. The number of carbonyl (C=O) groups excluding carboxylic acids is 1. The van der Waals surface area contributed by atoms with E-state index in [1.165, 1.54) is 7.11 Å². The van der Waals surface area contributed by atoms with E-state index in [1.54, 1.807) is 24.3 Å². The Bertz CT molecular complexity index is 341. The van der Waals surface area contributed by atoms with E-state index >= 15 is 0 Å². The maximum Gasteiger partial charge on any atom is 0.333 e. The molecular formula is C9H9BrO2S. The summed E-state index contributed by atoms with van der Waals surface area (Å²) in [7, 11) is 1.38. The van der Waals surface area contributed by atoms with Gasteiger partial charge in [-0.25, -0.2) is 4.79 Å². The second kappa shape index (κ2) is 4.58. The van der Waals surface area contributed by atoms with Gasteiger partial charge in [-0.05, 0) is 41.1 Å². The zero-order valence-electron chi connectivity index (χ0n) is 7.33. The molecule has 0 unspecified atom stereocenters. The van der Waals surface area contributed by atoms with Crippen LogP contribution in [0.1, 0.15) is 11.8 Å². The maximum absolute atomic E-state index is 11.0. The second-order valence-corrected chi connectivity index (χ2v) is 4.96. The number of halogens is 1. The molecule has 0 saturated heterocycles. The topological polar surface area (TPSA) is 26.3 Å². The van der Waals surface area contributed by atoms with Gasteiger partial charge in [-0.15, -0.1) is 11.3 Å². The van der Waals surface area contributed by atoms with Crippen molar-refractivity contribution in [3.63, 3.8) is 0 Å². The molecule has 4 heteroatoms. The molecule has 0 aromatic carbocycles. The monoisotopic (exact) mass is 260 g/mol. The van der Waals surface area contributed by atoms with Crippen molar-refractivity contribution >= 4 is 39.3 Å². The first kappa shape index (κ1) is 10.5. The highest BCUT2D eigenvalue weighted by Gasteiger charge is 2.03. The zero-order chi connectivity index (χ0) is 9.84. The van der Waals surface area contributed by atoms with E-state index in [0.29, 0.717) is 5.57 Å². The minimum absolute atomic E-state index is 0.287. The van der Waals surface area contributed by atoms with Gasteiger partial charge in [0.2, 0.25) is 0 Å². The van der Waals surface area contributed by atoms with E-state index < -0.39 is 0 Å². The van der Waals surface area contributed by atoms with E-state index in [1.807, 2.05) is 12.1 Å². The Hall–Kier alpha value is -0.610. The van der Waals surface area contributed by atoms with Gasteiger partial charge in [-0.2, -0.15) is 0 Å². The van der Waals surface area contributed by atoms with Crippen LogP contribution in [0.4, 0.5) is 0 Å². The highest BCUT2D eigenvalue weighted by molar-refractivity contribution is 9.11. The van der Waals surface area contributed by atoms with Crippen LogP contribution >= 0.6 is 27.3 Å². The molecule has 0 amide bonds. The number of hydrogen-bond donors (Lipinski definition) is 0. The number of thiophene rings is 1. The zero-order valence-corrected chi connectivity index (χ0v) is 9.74. The molecule has 1 heterocycles. The summed E-state index contributed by atoms with van der Waals surface area (Å²) >= 11 is 4.93. The van der Waals surface area contributed by atoms with Crippen molar-refractivity contribution in [2.75, 3.05) is 7.11 Å². The summed E-state index contributed by atoms with van der Waals surface area (Å²) in [6.45, 7) is 1.74. The van der Waals surface area contributed by atoms with Crippen molar-refractivity contribution in [2.24, 2.45) is 0 Å². The molecule has 2 nitrogen and oxygen atoms in total. The van der Waals surface area contributed by atoms with Crippen molar-refractivity contribution in [3.05, 3.63) is 26.4 Å². The van der Waals surface area contributed by atoms with E-state index in [4.69, 9.17) is 0 Å². The number of hydrogen-bond acceptors (Lipinski definition) is 3. The Labute approximate surface area is 89.3 Å². The van der Waals surface area contributed by atoms with Crippen LogP contribution in [0.5, 0.6) is 0 Å². The van der Waals surface area contributed by atoms with Crippen LogP contribution in [-0.4, -0.2) is 13.1 Å². The Morgan fingerprint density at radius 1 is 1.62 bits per heavy atom. The molecule has 0 fully saturated rings. The van der Waals surface area contributed by atoms with Gasteiger partial charge < -0.3 is 4.74 Å². The number of rotatable bonds is 2. The molecule has 0 radical (unpaired) electrons. The summed E-state index contributed by atoms with van der Waals surface area (Å²) in [6, 6.07) is 3.89. The van der Waals surface area contributed by atoms with E-state index in [0.717, 1.165) is 8.66 Å². The highest BCUT2D eigenvalue weighted by Crippen LogP contribution is 2.24. The molecule has 1 aromatic rings. The summed E-state index contributed by atoms with van der Waals surface area (Å²) in [5, 5.41) is 0. The third kappa shape index (κ3) is 2.97. The van der Waals surface area contributed by atoms with Crippen molar-refractivity contribution in [1.29, 1.82) is 0 Å². The lowest BCUT2D eigenvalue weighted by molar-refractivity contribution is -0.135. The molecule has 0 atom stereocenters. The lowest BCUT2D eigenvalue weighted by Gasteiger charge is -1.96. The van der Waals surface area contributed by atoms with Crippen LogP contribution in [0.3, 0.4) is 0 Å². The first-order valence-corrected chi connectivity index (χ1v) is 5.26. The van der Waals surface area contributed by atoms with Gasteiger partial charge in [0.1, 0.15) is 0 Å². The molecule has 1 rings (SSSR count). The van der Waals surface area contributed by atoms with Gasteiger partial charge in [0, 0.05) is 10.5 Å². The minimum Gasteiger partial charge on any atom is -0.466 e. The summed E-state index contributed by atoms with van der Waals surface area (Å²) in [4.78, 5) is 12.1. The van der Waals surface area contributed by atoms with E-state index in [9.17, 15) is 4.79 Å². The molecule has 0 spiro atoms. The lowest BCUT2D eigenvalue weighted by Crippen LogP contribution is -2.00. The number of ether oxygens (including phenoxy) is 1. The molecule has 0 saturated carbocycles. The predicted molar refractivity (Wildman–Crippen MR) is 57.7 cm³/mol. The second-order valence-electron chi connectivity index (χ2n) is 2.46. The van der Waals surface area contributed by atoms with Crippen LogP contribution in [0.15, 0.2) is 21.5 Å². The fourth-order valence-electron chi connectivity index (χ4n) is 0.839. The van der Waals surface area contributed by atoms with Gasteiger partial charge in [-0.3, -0.25) is 0 Å². The fourth-order valence-corrected chi connectivity index (χ4v) is 2.27. The molecule has 0 aliphatic carbocycles. The molecular weight excluding hydrogens is 252 g/mol. The Kier molecular flexibility index (Phi) is 3.69. The number of methoxy groups -OCH3 is 1. The lowest BCUT2D eigenvalue weighted by atomic mass is 10.2. The average molecular weight is 261 g/mol. The third-order valence-corrected chi connectivity index (χ3v) is 3.03. The quantitative estimate of drug-likeness (QED) is 0.604. The largest absolute Gasteiger partial charge is 0.466 e. The highest BCUT2D eigenvalue weighted by atomic mass is 79.9. The van der Waals surface area contributed by atoms with Crippen LogP contribution < -0.4 is 0 Å². The van der Waals surface area contributed by atoms with E-state index in [-0.39, 0.29) is 5.97 Å². The number of esters is 1. The smallest absolute Gasteiger partial charge is 0.333 e. The Morgan fingerprint density at radius 3 is 2.77 bits per heavy atom. The number of carbonyl (C=O) groups is 1.